The number of ether oxygens (including phenoxy) is 1. The van der Waals surface area contributed by atoms with Crippen molar-refractivity contribution in [1.29, 1.82) is 0 Å². The van der Waals surface area contributed by atoms with Crippen LogP contribution in [0.3, 0.4) is 0 Å². The van der Waals surface area contributed by atoms with Crippen LogP contribution in [0, 0.1) is 0 Å². The first kappa shape index (κ1) is 21.6. The molecular formula is C19H19Cl2N3O4S. The van der Waals surface area contributed by atoms with E-state index in [-0.39, 0.29) is 22.7 Å². The van der Waals surface area contributed by atoms with E-state index in [9.17, 15) is 13.2 Å². The van der Waals surface area contributed by atoms with Crippen molar-refractivity contribution in [2.24, 2.45) is 0 Å². The van der Waals surface area contributed by atoms with Gasteiger partial charge in [0.05, 0.1) is 28.8 Å². The summed E-state index contributed by atoms with van der Waals surface area (Å²) in [4.78, 5) is 13.1. The molecule has 0 aliphatic carbocycles. The first-order chi connectivity index (χ1) is 13.7. The third-order valence-corrected chi connectivity index (χ3v) is 5.82. The molecule has 10 heteroatoms. The van der Waals surface area contributed by atoms with Gasteiger partial charge in [-0.05, 0) is 24.6 Å². The van der Waals surface area contributed by atoms with Crippen molar-refractivity contribution in [1.82, 2.24) is 14.5 Å². The Hall–Kier alpha value is -2.13. The van der Waals surface area contributed by atoms with E-state index in [1.165, 1.54) is 7.11 Å². The molecule has 0 amide bonds. The Morgan fingerprint density at radius 1 is 1.17 bits per heavy atom. The van der Waals surface area contributed by atoms with Crippen molar-refractivity contribution in [2.75, 3.05) is 19.9 Å². The first-order valence-electron chi connectivity index (χ1n) is 8.70. The topological polar surface area (TPSA) is 90.3 Å². The zero-order valence-electron chi connectivity index (χ0n) is 15.8. The zero-order valence-corrected chi connectivity index (χ0v) is 18.1. The van der Waals surface area contributed by atoms with E-state index in [0.29, 0.717) is 40.2 Å². The number of nitrogens with zero attached hydrogens (tertiary/aromatic N) is 2. The Labute approximate surface area is 178 Å². The predicted octanol–water partition coefficient (Wildman–Crippen LogP) is 3.32. The Balaban J connectivity index is 2.16. The average molecular weight is 456 g/mol. The zero-order chi connectivity index (χ0) is 21.2. The van der Waals surface area contributed by atoms with Crippen LogP contribution >= 0.6 is 23.2 Å². The standard InChI is InChI=1S/C19H19Cl2N3O4S/c1-28-15-9-4-7-13-18(15)24(11-5-10-22-29(2,26)27)23-17(19(13)25)12-6-3-8-14(20)16(12)21/h3-4,6-9,22H,5,10-11H2,1-2H3. The van der Waals surface area contributed by atoms with E-state index in [1.807, 2.05) is 0 Å². The summed E-state index contributed by atoms with van der Waals surface area (Å²) in [7, 11) is -1.78. The summed E-state index contributed by atoms with van der Waals surface area (Å²) >= 11 is 12.4. The summed E-state index contributed by atoms with van der Waals surface area (Å²) in [6, 6.07) is 10.2. The molecule has 7 nitrogen and oxygen atoms in total. The van der Waals surface area contributed by atoms with Crippen LogP contribution in [0.1, 0.15) is 6.42 Å². The monoisotopic (exact) mass is 455 g/mol. The van der Waals surface area contributed by atoms with Gasteiger partial charge in [0, 0.05) is 18.7 Å². The van der Waals surface area contributed by atoms with E-state index < -0.39 is 10.0 Å². The third kappa shape index (κ3) is 4.72. The summed E-state index contributed by atoms with van der Waals surface area (Å²) in [5, 5.41) is 5.50. The molecule has 0 fully saturated rings. The number of para-hydroxylation sites is 1. The van der Waals surface area contributed by atoms with Gasteiger partial charge in [-0.2, -0.15) is 5.10 Å². The van der Waals surface area contributed by atoms with Crippen molar-refractivity contribution in [3.05, 3.63) is 56.7 Å². The maximum Gasteiger partial charge on any atom is 0.216 e. The van der Waals surface area contributed by atoms with Gasteiger partial charge in [0.15, 0.2) is 0 Å². The summed E-state index contributed by atoms with van der Waals surface area (Å²) in [5.41, 5.74) is 0.820. The van der Waals surface area contributed by atoms with Gasteiger partial charge in [-0.3, -0.25) is 9.48 Å². The Morgan fingerprint density at radius 2 is 1.90 bits per heavy atom. The predicted molar refractivity (Wildman–Crippen MR) is 115 cm³/mol. The SMILES string of the molecule is COc1cccc2c(=O)c(-c3cccc(Cl)c3Cl)nn(CCCNS(C)(=O)=O)c12. The molecule has 0 spiro atoms. The first-order valence-corrected chi connectivity index (χ1v) is 11.3. The molecule has 3 aromatic rings. The van der Waals surface area contributed by atoms with Gasteiger partial charge < -0.3 is 4.74 Å². The molecule has 1 aromatic heterocycles. The fraction of sp³-hybridized carbons (Fsp3) is 0.263. The number of fused-ring (bicyclic) bond motifs is 1. The minimum absolute atomic E-state index is 0.161. The maximum absolute atomic E-state index is 13.1. The van der Waals surface area contributed by atoms with Crippen LogP contribution in [0.15, 0.2) is 41.2 Å². The van der Waals surface area contributed by atoms with Crippen LogP contribution in [0.25, 0.3) is 22.2 Å². The van der Waals surface area contributed by atoms with Crippen LogP contribution in [-0.4, -0.2) is 38.1 Å². The van der Waals surface area contributed by atoms with Crippen LogP contribution in [0.4, 0.5) is 0 Å². The molecule has 0 atom stereocenters. The number of hydrogen-bond acceptors (Lipinski definition) is 5. The van der Waals surface area contributed by atoms with Gasteiger partial charge in [-0.1, -0.05) is 41.4 Å². The van der Waals surface area contributed by atoms with E-state index in [1.54, 1.807) is 41.1 Å². The lowest BCUT2D eigenvalue weighted by Gasteiger charge is -2.15. The third-order valence-electron chi connectivity index (χ3n) is 4.28. The Kier molecular flexibility index (Phi) is 6.48. The summed E-state index contributed by atoms with van der Waals surface area (Å²) in [6.45, 7) is 0.585. The Morgan fingerprint density at radius 3 is 2.59 bits per heavy atom. The highest BCUT2D eigenvalue weighted by Gasteiger charge is 2.18. The lowest BCUT2D eigenvalue weighted by Crippen LogP contribution is -2.25. The summed E-state index contributed by atoms with van der Waals surface area (Å²) < 4.78 is 32.1. The van der Waals surface area contributed by atoms with Gasteiger partial charge in [0.25, 0.3) is 0 Å². The second-order valence-electron chi connectivity index (χ2n) is 6.38. The molecule has 1 N–H and O–H groups in total. The lowest BCUT2D eigenvalue weighted by molar-refractivity contribution is 0.415. The molecule has 0 aliphatic heterocycles. The number of nitrogens with one attached hydrogen (secondary N) is 1. The van der Waals surface area contributed by atoms with Gasteiger partial charge in [-0.15, -0.1) is 0 Å². The van der Waals surface area contributed by atoms with Crippen LogP contribution in [0.5, 0.6) is 5.75 Å². The number of aryl methyl sites for hydroxylation is 1. The lowest BCUT2D eigenvalue weighted by atomic mass is 10.1. The fourth-order valence-electron chi connectivity index (χ4n) is 2.99. The minimum Gasteiger partial charge on any atom is -0.494 e. The van der Waals surface area contributed by atoms with E-state index in [2.05, 4.69) is 9.82 Å². The van der Waals surface area contributed by atoms with Gasteiger partial charge in [0.2, 0.25) is 15.5 Å². The average Bonchev–Trinajstić information content (AvgIpc) is 2.68. The van der Waals surface area contributed by atoms with Gasteiger partial charge in [-0.25, -0.2) is 13.1 Å². The highest BCUT2D eigenvalue weighted by molar-refractivity contribution is 7.88. The normalized spacial score (nSPS) is 11.7. The van der Waals surface area contributed by atoms with Crippen molar-refractivity contribution in [3.63, 3.8) is 0 Å². The highest BCUT2D eigenvalue weighted by atomic mass is 35.5. The van der Waals surface area contributed by atoms with Crippen LogP contribution in [-0.2, 0) is 16.6 Å². The van der Waals surface area contributed by atoms with Gasteiger partial charge in [0.1, 0.15) is 17.0 Å². The molecule has 1 heterocycles. The Bertz CT molecular complexity index is 1230. The molecular weight excluding hydrogens is 437 g/mol. The van der Waals surface area contributed by atoms with E-state index >= 15 is 0 Å². The summed E-state index contributed by atoms with van der Waals surface area (Å²) in [5.74, 6) is 0.493. The molecule has 0 radical (unpaired) electrons. The molecule has 0 unspecified atom stereocenters. The second-order valence-corrected chi connectivity index (χ2v) is 9.00. The quantitative estimate of drug-likeness (QED) is 0.551. The van der Waals surface area contributed by atoms with E-state index in [0.717, 1.165) is 6.26 Å². The largest absolute Gasteiger partial charge is 0.494 e. The summed E-state index contributed by atoms with van der Waals surface area (Å²) in [6.07, 6.45) is 1.56. The van der Waals surface area contributed by atoms with Crippen molar-refractivity contribution >= 4 is 44.1 Å². The van der Waals surface area contributed by atoms with E-state index in [4.69, 9.17) is 27.9 Å². The number of sulfonamides is 1. The van der Waals surface area contributed by atoms with Gasteiger partial charge >= 0.3 is 0 Å². The minimum atomic E-state index is -3.29. The van der Waals surface area contributed by atoms with Crippen molar-refractivity contribution in [2.45, 2.75) is 13.0 Å². The molecule has 0 saturated carbocycles. The van der Waals surface area contributed by atoms with Crippen LogP contribution in [0.2, 0.25) is 10.0 Å². The number of hydrogen-bond donors (Lipinski definition) is 1. The molecule has 154 valence electrons. The second kappa shape index (κ2) is 8.71. The molecule has 0 saturated heterocycles. The highest BCUT2D eigenvalue weighted by Crippen LogP contribution is 2.32. The van der Waals surface area contributed by atoms with Crippen molar-refractivity contribution in [3.8, 4) is 17.0 Å². The number of rotatable bonds is 7. The fourth-order valence-corrected chi connectivity index (χ4v) is 3.90. The molecule has 3 rings (SSSR count). The number of aromatic nitrogens is 2. The molecule has 29 heavy (non-hydrogen) atoms. The molecule has 0 bridgehead atoms. The molecule has 0 aliphatic rings. The smallest absolute Gasteiger partial charge is 0.216 e. The number of halogens is 2. The van der Waals surface area contributed by atoms with Crippen LogP contribution < -0.4 is 14.9 Å². The number of benzene rings is 2. The number of methoxy groups -OCH3 is 1. The maximum atomic E-state index is 13.1. The van der Waals surface area contributed by atoms with Crippen molar-refractivity contribution < 1.29 is 13.2 Å². The molecule has 2 aromatic carbocycles.